The number of hydrogen-bond donors (Lipinski definition) is 0. The number of esters is 1. The summed E-state index contributed by atoms with van der Waals surface area (Å²) in [4.78, 5) is 26.7. The van der Waals surface area contributed by atoms with Gasteiger partial charge < -0.3 is 9.47 Å². The first-order valence-electron chi connectivity index (χ1n) is 8.27. The molecule has 0 N–H and O–H groups in total. The summed E-state index contributed by atoms with van der Waals surface area (Å²) >= 11 is 7.30. The lowest BCUT2D eigenvalue weighted by Gasteiger charge is -2.28. The van der Waals surface area contributed by atoms with Gasteiger partial charge in [-0.3, -0.25) is 9.69 Å². The summed E-state index contributed by atoms with van der Waals surface area (Å²) in [5, 5.41) is 0.582. The third-order valence-corrected chi connectivity index (χ3v) is 6.06. The van der Waals surface area contributed by atoms with E-state index in [0.717, 1.165) is 10.6 Å². The Morgan fingerprint density at radius 2 is 2.04 bits per heavy atom. The smallest absolute Gasteiger partial charge is 0.343 e. The van der Waals surface area contributed by atoms with Crippen LogP contribution in [0.15, 0.2) is 53.4 Å². The summed E-state index contributed by atoms with van der Waals surface area (Å²) in [5.74, 6) is 0.167. The molecule has 2 aliphatic rings. The Kier molecular flexibility index (Phi) is 4.54. The zero-order valence-electron chi connectivity index (χ0n) is 13.8. The third kappa shape index (κ3) is 2.93. The quantitative estimate of drug-likeness (QED) is 0.573. The maximum absolute atomic E-state index is 12.8. The topological polar surface area (TPSA) is 55.8 Å². The molecule has 1 unspecified atom stereocenters. The lowest BCUT2D eigenvalue weighted by Crippen LogP contribution is -2.48. The highest BCUT2D eigenvalue weighted by Gasteiger charge is 2.58. The highest BCUT2D eigenvalue weighted by Crippen LogP contribution is 2.56. The van der Waals surface area contributed by atoms with Gasteiger partial charge in [-0.25, -0.2) is 4.79 Å². The van der Waals surface area contributed by atoms with E-state index >= 15 is 0 Å². The molecule has 0 spiro atoms. The van der Waals surface area contributed by atoms with Gasteiger partial charge in [0.15, 0.2) is 4.87 Å². The van der Waals surface area contributed by atoms with Crippen LogP contribution in [0.2, 0.25) is 5.02 Å². The number of anilines is 1. The van der Waals surface area contributed by atoms with Crippen LogP contribution >= 0.6 is 23.4 Å². The Balaban J connectivity index is 1.41. The standard InChI is InChI=1S/C19H16ClNO4S/c20-13-4-3-5-14(12-13)24-10-11-25-18(23)19-9-8-17(22)21(19)15-6-1-2-7-16(15)26-19/h1-7,12H,8-11H2. The van der Waals surface area contributed by atoms with Gasteiger partial charge in [0.1, 0.15) is 19.0 Å². The highest BCUT2D eigenvalue weighted by molar-refractivity contribution is 8.02. The fraction of sp³-hybridized carbons (Fsp3) is 0.263. The van der Waals surface area contributed by atoms with Gasteiger partial charge in [0.05, 0.1) is 5.69 Å². The second-order valence-corrected chi connectivity index (χ2v) is 7.78. The number of halogens is 1. The van der Waals surface area contributed by atoms with Gasteiger partial charge in [-0.15, -0.1) is 0 Å². The van der Waals surface area contributed by atoms with Crippen molar-refractivity contribution in [3.8, 4) is 5.75 Å². The number of hydrogen-bond acceptors (Lipinski definition) is 5. The Bertz CT molecular complexity index is 874. The maximum Gasteiger partial charge on any atom is 0.343 e. The van der Waals surface area contributed by atoms with Crippen LogP contribution in [-0.2, 0) is 14.3 Å². The molecule has 2 aliphatic heterocycles. The molecule has 0 saturated carbocycles. The number of ether oxygens (including phenoxy) is 2. The van der Waals surface area contributed by atoms with Crippen molar-refractivity contribution in [2.45, 2.75) is 22.6 Å². The van der Waals surface area contributed by atoms with Crippen LogP contribution in [-0.4, -0.2) is 30.0 Å². The van der Waals surface area contributed by atoms with Crippen molar-refractivity contribution in [2.75, 3.05) is 18.1 Å². The molecule has 1 atom stereocenters. The highest BCUT2D eigenvalue weighted by atomic mass is 35.5. The van der Waals surface area contributed by atoms with Gasteiger partial charge in [0.25, 0.3) is 0 Å². The molecular weight excluding hydrogens is 374 g/mol. The summed E-state index contributed by atoms with van der Waals surface area (Å²) in [6.45, 7) is 0.319. The first-order chi connectivity index (χ1) is 12.6. The molecule has 1 amide bonds. The van der Waals surface area contributed by atoms with Crippen LogP contribution in [0.4, 0.5) is 5.69 Å². The zero-order chi connectivity index (χ0) is 18.1. The predicted molar refractivity (Wildman–Crippen MR) is 99.7 cm³/mol. The normalized spacial score (nSPS) is 20.7. The fourth-order valence-corrected chi connectivity index (χ4v) is 4.83. The molecule has 134 valence electrons. The molecular formula is C19H16ClNO4S. The molecule has 1 saturated heterocycles. The SMILES string of the molecule is O=C1CCC2(C(=O)OCCOc3cccc(Cl)c3)Sc3ccccc3N12. The molecule has 0 radical (unpaired) electrons. The van der Waals surface area contributed by atoms with E-state index in [1.807, 2.05) is 24.3 Å². The minimum Gasteiger partial charge on any atom is -0.490 e. The minimum absolute atomic E-state index is 0.0467. The zero-order valence-corrected chi connectivity index (χ0v) is 15.4. The first-order valence-corrected chi connectivity index (χ1v) is 9.46. The van der Waals surface area contributed by atoms with E-state index in [1.165, 1.54) is 11.8 Å². The van der Waals surface area contributed by atoms with E-state index in [4.69, 9.17) is 21.1 Å². The van der Waals surface area contributed by atoms with Crippen LogP contribution < -0.4 is 9.64 Å². The van der Waals surface area contributed by atoms with Crippen molar-refractivity contribution < 1.29 is 19.1 Å². The van der Waals surface area contributed by atoms with Crippen LogP contribution in [0.5, 0.6) is 5.75 Å². The molecule has 5 nitrogen and oxygen atoms in total. The van der Waals surface area contributed by atoms with Gasteiger partial charge in [-0.05, 0) is 30.3 Å². The van der Waals surface area contributed by atoms with Crippen molar-refractivity contribution >= 4 is 40.9 Å². The predicted octanol–water partition coefficient (Wildman–Crippen LogP) is 3.89. The van der Waals surface area contributed by atoms with Crippen molar-refractivity contribution in [2.24, 2.45) is 0 Å². The number of rotatable bonds is 5. The van der Waals surface area contributed by atoms with Crippen molar-refractivity contribution in [1.29, 1.82) is 0 Å². The summed E-state index contributed by atoms with van der Waals surface area (Å²) in [6.07, 6.45) is 0.786. The van der Waals surface area contributed by atoms with E-state index in [1.54, 1.807) is 29.2 Å². The van der Waals surface area contributed by atoms with Crippen molar-refractivity contribution in [3.05, 3.63) is 53.6 Å². The number of amides is 1. The largest absolute Gasteiger partial charge is 0.490 e. The minimum atomic E-state index is -0.989. The molecule has 2 aromatic carbocycles. The second kappa shape index (κ2) is 6.85. The van der Waals surface area contributed by atoms with Crippen LogP contribution in [0, 0.1) is 0 Å². The van der Waals surface area contributed by atoms with Gasteiger partial charge in [0.2, 0.25) is 5.91 Å². The van der Waals surface area contributed by atoms with Crippen molar-refractivity contribution in [3.63, 3.8) is 0 Å². The number of nitrogens with zero attached hydrogens (tertiary/aromatic N) is 1. The maximum atomic E-state index is 12.8. The van der Waals surface area contributed by atoms with E-state index in [9.17, 15) is 9.59 Å². The molecule has 2 aromatic rings. The number of para-hydroxylation sites is 1. The van der Waals surface area contributed by atoms with Crippen molar-refractivity contribution in [1.82, 2.24) is 0 Å². The average molecular weight is 390 g/mol. The molecule has 4 rings (SSSR count). The van der Waals surface area contributed by atoms with Gasteiger partial charge in [0, 0.05) is 22.8 Å². The number of carbonyl (C=O) groups excluding carboxylic acids is 2. The first kappa shape index (κ1) is 17.2. The number of carbonyl (C=O) groups is 2. The van der Waals surface area contributed by atoms with E-state index in [-0.39, 0.29) is 19.1 Å². The van der Waals surface area contributed by atoms with Gasteiger partial charge in [-0.2, -0.15) is 0 Å². The number of benzene rings is 2. The lowest BCUT2D eigenvalue weighted by atomic mass is 10.2. The van der Waals surface area contributed by atoms with Crippen LogP contribution in [0.1, 0.15) is 12.8 Å². The van der Waals surface area contributed by atoms with Gasteiger partial charge in [-0.1, -0.05) is 41.6 Å². The Morgan fingerprint density at radius 1 is 1.19 bits per heavy atom. The van der Waals surface area contributed by atoms with E-state index in [0.29, 0.717) is 23.6 Å². The average Bonchev–Trinajstić information content (AvgIpc) is 3.15. The van der Waals surface area contributed by atoms with Gasteiger partial charge >= 0.3 is 5.97 Å². The number of thioether (sulfide) groups is 1. The van der Waals surface area contributed by atoms with E-state index in [2.05, 4.69) is 0 Å². The molecule has 7 heteroatoms. The molecule has 0 bridgehead atoms. The summed E-state index contributed by atoms with van der Waals surface area (Å²) in [7, 11) is 0. The summed E-state index contributed by atoms with van der Waals surface area (Å²) < 4.78 is 11.0. The third-order valence-electron chi connectivity index (χ3n) is 4.37. The number of fused-ring (bicyclic) bond motifs is 3. The fourth-order valence-electron chi connectivity index (χ4n) is 3.24. The molecule has 1 fully saturated rings. The Labute approximate surface area is 160 Å². The van der Waals surface area contributed by atoms with E-state index < -0.39 is 10.8 Å². The molecule has 0 aromatic heterocycles. The molecule has 2 heterocycles. The lowest BCUT2D eigenvalue weighted by molar-refractivity contribution is -0.147. The molecule has 26 heavy (non-hydrogen) atoms. The summed E-state index contributed by atoms with van der Waals surface area (Å²) in [6, 6.07) is 14.6. The second-order valence-electron chi connectivity index (χ2n) is 6.03. The molecule has 0 aliphatic carbocycles. The van der Waals surface area contributed by atoms with Crippen LogP contribution in [0.25, 0.3) is 0 Å². The van der Waals surface area contributed by atoms with Crippen LogP contribution in [0.3, 0.4) is 0 Å². The Hall–Kier alpha value is -2.18. The Morgan fingerprint density at radius 3 is 2.88 bits per heavy atom. The summed E-state index contributed by atoms with van der Waals surface area (Å²) in [5.41, 5.74) is 0.784. The monoisotopic (exact) mass is 389 g/mol.